The van der Waals surface area contributed by atoms with Crippen molar-refractivity contribution in [3.63, 3.8) is 0 Å². The van der Waals surface area contributed by atoms with Gasteiger partial charge in [-0.2, -0.15) is 4.31 Å². The summed E-state index contributed by atoms with van der Waals surface area (Å²) in [6, 6.07) is 0.0327. The number of nitrogens with one attached hydrogen (secondary N) is 1. The van der Waals surface area contributed by atoms with Crippen LogP contribution in [0.15, 0.2) is 9.42 Å². The summed E-state index contributed by atoms with van der Waals surface area (Å²) in [7, 11) is -3.65. The van der Waals surface area contributed by atoms with E-state index in [4.69, 9.17) is 9.26 Å². The standard InChI is InChI=1S/C15H24N4O5S.ClH/c1-11-15(12(2)24-17-11)25(21,22)19-6-4-18(5-7-19)14(20)9-13-10-23-8-3-16-13;/h13,16H,3-10H2,1-2H3;1H. The number of hydrogen-bond acceptors (Lipinski definition) is 7. The number of hydrogen-bond donors (Lipinski definition) is 1. The zero-order valence-electron chi connectivity index (χ0n) is 14.9. The number of carbonyl (C=O) groups excluding carboxylic acids is 1. The van der Waals surface area contributed by atoms with Crippen LogP contribution >= 0.6 is 12.4 Å². The molecule has 0 aliphatic carbocycles. The molecule has 1 unspecified atom stereocenters. The van der Waals surface area contributed by atoms with Gasteiger partial charge in [-0.1, -0.05) is 5.16 Å². The van der Waals surface area contributed by atoms with Crippen molar-refractivity contribution in [2.24, 2.45) is 0 Å². The van der Waals surface area contributed by atoms with E-state index >= 15 is 0 Å². The number of aromatic nitrogens is 1. The lowest BCUT2D eigenvalue weighted by Gasteiger charge is -2.35. The van der Waals surface area contributed by atoms with E-state index in [0.717, 1.165) is 6.54 Å². The predicted octanol–water partition coefficient (Wildman–Crippen LogP) is -0.0754. The third-order valence-corrected chi connectivity index (χ3v) is 6.72. The second-order valence-electron chi connectivity index (χ2n) is 6.37. The summed E-state index contributed by atoms with van der Waals surface area (Å²) in [6.45, 7) is 6.47. The highest BCUT2D eigenvalue weighted by Crippen LogP contribution is 2.24. The van der Waals surface area contributed by atoms with Crippen molar-refractivity contribution in [3.05, 3.63) is 11.5 Å². The van der Waals surface area contributed by atoms with Crippen LogP contribution in [0.25, 0.3) is 0 Å². The Morgan fingerprint density at radius 1 is 1.27 bits per heavy atom. The molecule has 0 saturated carbocycles. The molecule has 11 heteroatoms. The van der Waals surface area contributed by atoms with Gasteiger partial charge in [0.25, 0.3) is 0 Å². The molecule has 2 aliphatic rings. The van der Waals surface area contributed by atoms with E-state index < -0.39 is 10.0 Å². The molecule has 2 fully saturated rings. The van der Waals surface area contributed by atoms with E-state index in [1.807, 2.05) is 0 Å². The molecule has 1 aromatic rings. The van der Waals surface area contributed by atoms with E-state index in [9.17, 15) is 13.2 Å². The van der Waals surface area contributed by atoms with Gasteiger partial charge in [0.15, 0.2) is 5.76 Å². The van der Waals surface area contributed by atoms with E-state index in [0.29, 0.717) is 44.2 Å². The number of carbonyl (C=O) groups is 1. The molecular weight excluding hydrogens is 384 g/mol. The number of ether oxygens (including phenoxy) is 1. The highest BCUT2D eigenvalue weighted by molar-refractivity contribution is 7.89. The molecule has 1 N–H and O–H groups in total. The minimum Gasteiger partial charge on any atom is -0.378 e. The van der Waals surface area contributed by atoms with Gasteiger partial charge in [0.2, 0.25) is 15.9 Å². The number of amides is 1. The highest BCUT2D eigenvalue weighted by Gasteiger charge is 2.34. The van der Waals surface area contributed by atoms with Gasteiger partial charge in [0.1, 0.15) is 10.6 Å². The summed E-state index contributed by atoms with van der Waals surface area (Å²) in [5.74, 6) is 0.316. The first-order chi connectivity index (χ1) is 11.9. The van der Waals surface area contributed by atoms with Gasteiger partial charge >= 0.3 is 0 Å². The van der Waals surface area contributed by atoms with Crippen LogP contribution in [0.5, 0.6) is 0 Å². The number of halogens is 1. The summed E-state index contributed by atoms with van der Waals surface area (Å²) < 4.78 is 37.3. The molecule has 1 atom stereocenters. The summed E-state index contributed by atoms with van der Waals surface area (Å²) in [4.78, 5) is 14.2. The third kappa shape index (κ3) is 4.37. The van der Waals surface area contributed by atoms with E-state index in [1.54, 1.807) is 18.7 Å². The summed E-state index contributed by atoms with van der Waals surface area (Å²) in [5.41, 5.74) is 0.361. The predicted molar refractivity (Wildman–Crippen MR) is 95.8 cm³/mol. The molecule has 148 valence electrons. The van der Waals surface area contributed by atoms with Crippen molar-refractivity contribution in [2.75, 3.05) is 45.9 Å². The number of rotatable bonds is 4. The molecule has 2 aliphatic heterocycles. The Labute approximate surface area is 159 Å². The number of morpholine rings is 1. The van der Waals surface area contributed by atoms with E-state index in [2.05, 4.69) is 10.5 Å². The highest BCUT2D eigenvalue weighted by atomic mass is 35.5. The van der Waals surface area contributed by atoms with Crippen molar-refractivity contribution in [1.29, 1.82) is 0 Å². The Kier molecular flexibility index (Phi) is 7.03. The zero-order valence-corrected chi connectivity index (χ0v) is 16.6. The maximum atomic E-state index is 12.8. The fourth-order valence-electron chi connectivity index (χ4n) is 3.24. The Morgan fingerprint density at radius 3 is 2.50 bits per heavy atom. The van der Waals surface area contributed by atoms with Gasteiger partial charge in [0.05, 0.1) is 13.2 Å². The normalized spacial score (nSPS) is 22.1. The molecule has 0 aromatic carbocycles. The minimum absolute atomic E-state index is 0. The lowest BCUT2D eigenvalue weighted by Crippen LogP contribution is -2.52. The molecule has 26 heavy (non-hydrogen) atoms. The van der Waals surface area contributed by atoms with Crippen molar-refractivity contribution in [3.8, 4) is 0 Å². The zero-order chi connectivity index (χ0) is 18.0. The fraction of sp³-hybridized carbons (Fsp3) is 0.733. The third-order valence-electron chi connectivity index (χ3n) is 4.58. The van der Waals surface area contributed by atoms with Gasteiger partial charge < -0.3 is 19.5 Å². The van der Waals surface area contributed by atoms with Crippen LogP contribution in [-0.2, 0) is 19.6 Å². The molecular formula is C15H25ClN4O5S. The second-order valence-corrected chi connectivity index (χ2v) is 8.24. The average molecular weight is 409 g/mol. The van der Waals surface area contributed by atoms with Crippen LogP contribution in [0.2, 0.25) is 0 Å². The SMILES string of the molecule is Cc1noc(C)c1S(=O)(=O)N1CCN(C(=O)CC2COCCN2)CC1.Cl. The van der Waals surface area contributed by atoms with Crippen LogP contribution in [0.1, 0.15) is 17.9 Å². The minimum atomic E-state index is -3.65. The molecule has 1 aromatic heterocycles. The lowest BCUT2D eigenvalue weighted by molar-refractivity contribution is -0.133. The Balaban J connectivity index is 0.00000243. The number of nitrogens with zero attached hydrogens (tertiary/aromatic N) is 3. The number of aryl methyl sites for hydroxylation is 2. The van der Waals surface area contributed by atoms with E-state index in [-0.39, 0.29) is 42.3 Å². The topological polar surface area (TPSA) is 105 Å². The smallest absolute Gasteiger partial charge is 0.248 e. The molecule has 3 rings (SSSR count). The fourth-order valence-corrected chi connectivity index (χ4v) is 4.95. The van der Waals surface area contributed by atoms with Gasteiger partial charge in [0, 0.05) is 45.2 Å². The van der Waals surface area contributed by atoms with Crippen molar-refractivity contribution in [2.45, 2.75) is 31.2 Å². The second kappa shape index (κ2) is 8.66. The summed E-state index contributed by atoms with van der Waals surface area (Å²) in [6.07, 6.45) is 0.372. The molecule has 0 spiro atoms. The van der Waals surface area contributed by atoms with Gasteiger partial charge in [-0.25, -0.2) is 8.42 Å². The maximum Gasteiger partial charge on any atom is 0.248 e. The molecule has 0 bridgehead atoms. The maximum absolute atomic E-state index is 12.8. The molecule has 0 radical (unpaired) electrons. The number of sulfonamides is 1. The van der Waals surface area contributed by atoms with Crippen molar-refractivity contribution >= 4 is 28.3 Å². The first-order valence-corrected chi connectivity index (χ1v) is 9.85. The van der Waals surface area contributed by atoms with Gasteiger partial charge in [-0.3, -0.25) is 4.79 Å². The molecule has 2 saturated heterocycles. The van der Waals surface area contributed by atoms with Crippen molar-refractivity contribution < 1.29 is 22.5 Å². The number of piperazine rings is 1. The van der Waals surface area contributed by atoms with Crippen LogP contribution in [0.3, 0.4) is 0 Å². The quantitative estimate of drug-likeness (QED) is 0.743. The summed E-state index contributed by atoms with van der Waals surface area (Å²) in [5, 5.41) is 6.98. The Hall–Kier alpha value is -1.20. The Morgan fingerprint density at radius 2 is 1.96 bits per heavy atom. The van der Waals surface area contributed by atoms with Crippen LogP contribution in [0, 0.1) is 13.8 Å². The molecule has 3 heterocycles. The largest absolute Gasteiger partial charge is 0.378 e. The average Bonchev–Trinajstić information content (AvgIpc) is 2.95. The van der Waals surface area contributed by atoms with E-state index in [1.165, 1.54) is 4.31 Å². The first kappa shape index (κ1) is 21.1. The lowest BCUT2D eigenvalue weighted by atomic mass is 10.1. The first-order valence-electron chi connectivity index (χ1n) is 8.41. The Bertz CT molecular complexity index is 705. The van der Waals surface area contributed by atoms with Crippen molar-refractivity contribution in [1.82, 2.24) is 19.7 Å². The summed E-state index contributed by atoms with van der Waals surface area (Å²) >= 11 is 0. The van der Waals surface area contributed by atoms with Gasteiger partial charge in [-0.15, -0.1) is 12.4 Å². The van der Waals surface area contributed by atoms with Crippen LogP contribution < -0.4 is 5.32 Å². The molecule has 9 nitrogen and oxygen atoms in total. The monoisotopic (exact) mass is 408 g/mol. The van der Waals surface area contributed by atoms with Gasteiger partial charge in [-0.05, 0) is 13.8 Å². The molecule has 1 amide bonds. The van der Waals surface area contributed by atoms with Crippen LogP contribution in [0.4, 0.5) is 0 Å². The van der Waals surface area contributed by atoms with Crippen LogP contribution in [-0.4, -0.2) is 80.7 Å².